The number of hydrogen-bond donors (Lipinski definition) is 2. The predicted octanol–water partition coefficient (Wildman–Crippen LogP) is 0.616. The average molecular weight is 249 g/mol. The van der Waals surface area contributed by atoms with E-state index in [9.17, 15) is 9.59 Å². The van der Waals surface area contributed by atoms with Crippen molar-refractivity contribution in [2.75, 3.05) is 19.8 Å². The first kappa shape index (κ1) is 12.6. The first-order valence-corrected chi connectivity index (χ1v) is 5.86. The van der Waals surface area contributed by atoms with E-state index >= 15 is 0 Å². The van der Waals surface area contributed by atoms with Crippen molar-refractivity contribution >= 4 is 11.9 Å². The molecule has 0 radical (unpaired) electrons. The summed E-state index contributed by atoms with van der Waals surface area (Å²) in [5.41, 5.74) is 2.77. The summed E-state index contributed by atoms with van der Waals surface area (Å²) in [6, 6.07) is 5.77. The molecule has 2 rings (SSSR count). The van der Waals surface area contributed by atoms with Gasteiger partial charge in [-0.3, -0.25) is 4.79 Å². The van der Waals surface area contributed by atoms with Gasteiger partial charge in [-0.2, -0.15) is 0 Å². The average Bonchev–Trinajstić information content (AvgIpc) is 2.35. The lowest BCUT2D eigenvalue weighted by Gasteiger charge is -2.17. The van der Waals surface area contributed by atoms with Gasteiger partial charge in [0.1, 0.15) is 6.61 Å². The minimum Gasteiger partial charge on any atom is -0.480 e. The van der Waals surface area contributed by atoms with E-state index in [1.165, 1.54) is 0 Å². The van der Waals surface area contributed by atoms with E-state index in [0.29, 0.717) is 19.6 Å². The zero-order chi connectivity index (χ0) is 13.0. The number of hydrogen-bond acceptors (Lipinski definition) is 3. The van der Waals surface area contributed by atoms with Crippen LogP contribution in [0.2, 0.25) is 0 Å². The quantitative estimate of drug-likeness (QED) is 0.750. The molecule has 5 nitrogen and oxygen atoms in total. The lowest BCUT2D eigenvalue weighted by Crippen LogP contribution is -2.31. The number of carbonyl (C=O) groups is 2. The predicted molar refractivity (Wildman–Crippen MR) is 64.6 cm³/mol. The van der Waals surface area contributed by atoms with Gasteiger partial charge in [0.05, 0.1) is 6.61 Å². The molecule has 1 aromatic carbocycles. The summed E-state index contributed by atoms with van der Waals surface area (Å²) in [7, 11) is 0. The number of fused-ring (bicyclic) bond motifs is 1. The van der Waals surface area contributed by atoms with Crippen molar-refractivity contribution in [3.8, 4) is 0 Å². The smallest absolute Gasteiger partial charge is 0.329 e. The SMILES string of the molecule is O=C(O)COCCc1ccc2c(c1)C(=O)NCC2. The number of rotatable bonds is 5. The van der Waals surface area contributed by atoms with E-state index in [-0.39, 0.29) is 12.5 Å². The van der Waals surface area contributed by atoms with Crippen molar-refractivity contribution < 1.29 is 19.4 Å². The number of aliphatic carboxylic acids is 1. The number of nitrogens with one attached hydrogen (secondary N) is 1. The van der Waals surface area contributed by atoms with E-state index in [2.05, 4.69) is 5.32 Å². The summed E-state index contributed by atoms with van der Waals surface area (Å²) >= 11 is 0. The van der Waals surface area contributed by atoms with Crippen LogP contribution < -0.4 is 5.32 Å². The van der Waals surface area contributed by atoms with Crippen molar-refractivity contribution in [3.63, 3.8) is 0 Å². The number of carboxylic acid groups (broad SMARTS) is 1. The summed E-state index contributed by atoms with van der Waals surface area (Å²) in [6.45, 7) is 0.741. The van der Waals surface area contributed by atoms with Crippen molar-refractivity contribution in [2.45, 2.75) is 12.8 Å². The Labute approximate surface area is 105 Å². The van der Waals surface area contributed by atoms with Gasteiger partial charge in [0.25, 0.3) is 5.91 Å². The van der Waals surface area contributed by atoms with Crippen LogP contribution in [0.15, 0.2) is 18.2 Å². The Bertz CT molecular complexity index is 470. The Balaban J connectivity index is 1.96. The molecule has 1 aliphatic heterocycles. The minimum atomic E-state index is -0.972. The van der Waals surface area contributed by atoms with Gasteiger partial charge in [-0.15, -0.1) is 0 Å². The van der Waals surface area contributed by atoms with E-state index < -0.39 is 5.97 Å². The van der Waals surface area contributed by atoms with Gasteiger partial charge in [-0.1, -0.05) is 12.1 Å². The van der Waals surface area contributed by atoms with Gasteiger partial charge >= 0.3 is 5.97 Å². The number of carbonyl (C=O) groups excluding carboxylic acids is 1. The molecule has 0 bridgehead atoms. The second-order valence-corrected chi connectivity index (χ2v) is 4.19. The van der Waals surface area contributed by atoms with Crippen LogP contribution in [-0.4, -0.2) is 36.7 Å². The van der Waals surface area contributed by atoms with Crippen LogP contribution in [0, 0.1) is 0 Å². The lowest BCUT2D eigenvalue weighted by molar-refractivity contribution is -0.142. The van der Waals surface area contributed by atoms with E-state index in [4.69, 9.17) is 9.84 Å². The molecule has 0 spiro atoms. The van der Waals surface area contributed by atoms with Gasteiger partial charge in [0, 0.05) is 12.1 Å². The summed E-state index contributed by atoms with van der Waals surface area (Å²) in [4.78, 5) is 21.9. The highest BCUT2D eigenvalue weighted by molar-refractivity contribution is 5.96. The minimum absolute atomic E-state index is 0.0374. The van der Waals surface area contributed by atoms with Crippen LogP contribution in [0.1, 0.15) is 21.5 Å². The second kappa shape index (κ2) is 5.64. The topological polar surface area (TPSA) is 75.6 Å². The molecule has 1 aliphatic rings. The second-order valence-electron chi connectivity index (χ2n) is 4.19. The molecule has 96 valence electrons. The number of benzene rings is 1. The Morgan fingerprint density at radius 1 is 1.44 bits per heavy atom. The molecule has 18 heavy (non-hydrogen) atoms. The Morgan fingerprint density at radius 2 is 2.28 bits per heavy atom. The summed E-state index contributed by atoms with van der Waals surface area (Å²) in [6.07, 6.45) is 1.46. The standard InChI is InChI=1S/C13H15NO4/c15-12(16)8-18-6-4-9-1-2-10-3-5-14-13(17)11(10)7-9/h1-2,7H,3-6,8H2,(H,14,17)(H,15,16). The zero-order valence-corrected chi connectivity index (χ0v) is 9.94. The Kier molecular flexibility index (Phi) is 3.94. The molecule has 0 atom stereocenters. The van der Waals surface area contributed by atoms with E-state index in [1.807, 2.05) is 18.2 Å². The van der Waals surface area contributed by atoms with Crippen molar-refractivity contribution in [3.05, 3.63) is 34.9 Å². The molecule has 1 aromatic rings. The zero-order valence-electron chi connectivity index (χ0n) is 9.94. The fourth-order valence-electron chi connectivity index (χ4n) is 1.96. The third kappa shape index (κ3) is 3.07. The molecule has 0 saturated heterocycles. The number of amides is 1. The van der Waals surface area contributed by atoms with Crippen LogP contribution >= 0.6 is 0 Å². The number of carboxylic acids is 1. The summed E-state index contributed by atoms with van der Waals surface area (Å²) in [5, 5.41) is 11.2. The first-order valence-electron chi connectivity index (χ1n) is 5.86. The monoisotopic (exact) mass is 249 g/mol. The Morgan fingerprint density at radius 3 is 3.06 bits per heavy atom. The van der Waals surface area contributed by atoms with Gasteiger partial charge in [-0.25, -0.2) is 4.79 Å². The van der Waals surface area contributed by atoms with Crippen LogP contribution in [0.5, 0.6) is 0 Å². The van der Waals surface area contributed by atoms with Gasteiger partial charge < -0.3 is 15.2 Å². The van der Waals surface area contributed by atoms with Crippen LogP contribution in [-0.2, 0) is 22.4 Å². The van der Waals surface area contributed by atoms with E-state index in [1.54, 1.807) is 0 Å². The maximum atomic E-state index is 11.6. The van der Waals surface area contributed by atoms with Crippen molar-refractivity contribution in [1.82, 2.24) is 5.32 Å². The third-order valence-electron chi connectivity index (χ3n) is 2.86. The first-order chi connectivity index (χ1) is 8.66. The van der Waals surface area contributed by atoms with Crippen LogP contribution in [0.3, 0.4) is 0 Å². The Hall–Kier alpha value is -1.88. The fourth-order valence-corrected chi connectivity index (χ4v) is 1.96. The van der Waals surface area contributed by atoms with E-state index in [0.717, 1.165) is 23.1 Å². The molecule has 0 unspecified atom stereocenters. The lowest BCUT2D eigenvalue weighted by atomic mass is 9.97. The molecule has 2 N–H and O–H groups in total. The molecule has 1 amide bonds. The molecule has 0 aliphatic carbocycles. The molecule has 5 heteroatoms. The highest BCUT2D eigenvalue weighted by Crippen LogP contribution is 2.16. The molecule has 0 aromatic heterocycles. The molecular formula is C13H15NO4. The van der Waals surface area contributed by atoms with Crippen LogP contribution in [0.25, 0.3) is 0 Å². The third-order valence-corrected chi connectivity index (χ3v) is 2.86. The maximum Gasteiger partial charge on any atom is 0.329 e. The fraction of sp³-hybridized carbons (Fsp3) is 0.385. The van der Waals surface area contributed by atoms with Crippen molar-refractivity contribution in [2.24, 2.45) is 0 Å². The highest BCUT2D eigenvalue weighted by Gasteiger charge is 2.16. The molecule has 0 saturated carbocycles. The highest BCUT2D eigenvalue weighted by atomic mass is 16.5. The number of ether oxygens (including phenoxy) is 1. The summed E-state index contributed by atoms with van der Waals surface area (Å²) in [5.74, 6) is -1.01. The largest absolute Gasteiger partial charge is 0.480 e. The van der Waals surface area contributed by atoms with Gasteiger partial charge in [0.2, 0.25) is 0 Å². The van der Waals surface area contributed by atoms with Gasteiger partial charge in [-0.05, 0) is 30.0 Å². The molecule has 1 heterocycles. The molecular weight excluding hydrogens is 234 g/mol. The van der Waals surface area contributed by atoms with Gasteiger partial charge in [0.15, 0.2) is 0 Å². The van der Waals surface area contributed by atoms with Crippen molar-refractivity contribution in [1.29, 1.82) is 0 Å². The maximum absolute atomic E-state index is 11.6. The normalized spacial score (nSPS) is 13.9. The van der Waals surface area contributed by atoms with Crippen LogP contribution in [0.4, 0.5) is 0 Å². The summed E-state index contributed by atoms with van der Waals surface area (Å²) < 4.78 is 4.97. The molecule has 0 fully saturated rings.